The Morgan fingerprint density at radius 1 is 1.15 bits per heavy atom. The van der Waals surface area contributed by atoms with Crippen molar-refractivity contribution < 1.29 is 4.79 Å². The summed E-state index contributed by atoms with van der Waals surface area (Å²) >= 11 is 0. The molecule has 5 rings (SSSR count). The molecule has 136 valence electrons. The van der Waals surface area contributed by atoms with Crippen molar-refractivity contribution in [2.75, 3.05) is 19.6 Å². The lowest BCUT2D eigenvalue weighted by Crippen LogP contribution is -2.44. The first-order chi connectivity index (χ1) is 12.6. The van der Waals surface area contributed by atoms with Crippen LogP contribution in [0.4, 0.5) is 0 Å². The smallest absolute Gasteiger partial charge is 0.325 e. The van der Waals surface area contributed by atoms with Gasteiger partial charge in [0.15, 0.2) is 0 Å². The van der Waals surface area contributed by atoms with Gasteiger partial charge < -0.3 is 9.88 Å². The standard InChI is InChI=1S/C18H21N5O3/c24-16-7-13(20-18(26)21-16)10-22-8-12-4-5-14(22)11-23(9-12)17(25)15-3-1-2-6-19-15/h1-3,6-7,12,14H,4-5,8-11H2,(H2,20,21,24,26)/t12-,14-/m0/s1. The van der Waals surface area contributed by atoms with Crippen molar-refractivity contribution in [1.82, 2.24) is 24.8 Å². The molecule has 3 fully saturated rings. The van der Waals surface area contributed by atoms with Gasteiger partial charge in [0.25, 0.3) is 11.5 Å². The molecule has 3 saturated heterocycles. The first-order valence-corrected chi connectivity index (χ1v) is 8.85. The number of H-pyrrole nitrogens is 2. The molecule has 0 unspecified atom stereocenters. The minimum atomic E-state index is -0.487. The summed E-state index contributed by atoms with van der Waals surface area (Å²) in [6.45, 7) is 2.71. The molecule has 0 spiro atoms. The van der Waals surface area contributed by atoms with Gasteiger partial charge in [-0.1, -0.05) is 6.07 Å². The normalized spacial score (nSPS) is 23.0. The lowest BCUT2D eigenvalue weighted by molar-refractivity contribution is 0.0729. The molecule has 2 bridgehead atoms. The molecule has 0 saturated carbocycles. The number of nitrogens with one attached hydrogen (secondary N) is 2. The van der Waals surface area contributed by atoms with Crippen LogP contribution >= 0.6 is 0 Å². The van der Waals surface area contributed by atoms with Gasteiger partial charge in [-0.15, -0.1) is 0 Å². The Hall–Kier alpha value is -2.74. The van der Waals surface area contributed by atoms with E-state index in [0.717, 1.165) is 19.4 Å². The number of amides is 1. The number of nitrogens with zero attached hydrogens (tertiary/aromatic N) is 3. The van der Waals surface area contributed by atoms with Crippen molar-refractivity contribution in [1.29, 1.82) is 0 Å². The summed E-state index contributed by atoms with van der Waals surface area (Å²) in [5.74, 6) is 0.351. The summed E-state index contributed by atoms with van der Waals surface area (Å²) < 4.78 is 0. The molecule has 1 amide bonds. The van der Waals surface area contributed by atoms with Crippen LogP contribution in [0.1, 0.15) is 29.0 Å². The van der Waals surface area contributed by atoms with Gasteiger partial charge in [0.05, 0.1) is 0 Å². The van der Waals surface area contributed by atoms with Crippen LogP contribution in [0.2, 0.25) is 0 Å². The average Bonchev–Trinajstić information content (AvgIpc) is 2.93. The number of piperidine rings is 1. The van der Waals surface area contributed by atoms with Crippen molar-refractivity contribution in [2.24, 2.45) is 5.92 Å². The Kier molecular flexibility index (Phi) is 4.42. The number of carbonyl (C=O) groups excluding carboxylic acids is 1. The van der Waals surface area contributed by atoms with Crippen LogP contribution in [0, 0.1) is 5.92 Å². The zero-order valence-electron chi connectivity index (χ0n) is 14.4. The Labute approximate surface area is 149 Å². The number of hydrogen-bond acceptors (Lipinski definition) is 5. The van der Waals surface area contributed by atoms with E-state index in [1.165, 1.54) is 6.07 Å². The van der Waals surface area contributed by atoms with E-state index in [1.807, 2.05) is 11.0 Å². The zero-order chi connectivity index (χ0) is 18.1. The number of carbonyl (C=O) groups is 1. The van der Waals surface area contributed by atoms with Crippen molar-refractivity contribution in [2.45, 2.75) is 25.4 Å². The van der Waals surface area contributed by atoms with Crippen LogP contribution < -0.4 is 11.2 Å². The van der Waals surface area contributed by atoms with Crippen molar-refractivity contribution >= 4 is 5.91 Å². The highest BCUT2D eigenvalue weighted by Gasteiger charge is 2.36. The highest BCUT2D eigenvalue weighted by Crippen LogP contribution is 2.29. The van der Waals surface area contributed by atoms with Gasteiger partial charge in [-0.3, -0.25) is 24.5 Å². The number of fused-ring (bicyclic) bond motifs is 4. The van der Waals surface area contributed by atoms with Crippen LogP contribution in [0.25, 0.3) is 0 Å². The molecule has 0 aliphatic carbocycles. The molecule has 5 heterocycles. The molecule has 8 nitrogen and oxygen atoms in total. The lowest BCUT2D eigenvalue weighted by atomic mass is 9.95. The molecule has 0 aromatic carbocycles. The highest BCUT2D eigenvalue weighted by atomic mass is 16.2. The van der Waals surface area contributed by atoms with Gasteiger partial charge >= 0.3 is 5.69 Å². The quantitative estimate of drug-likeness (QED) is 0.819. The average molecular weight is 355 g/mol. The summed E-state index contributed by atoms with van der Waals surface area (Å²) in [6, 6.07) is 7.00. The fourth-order valence-corrected chi connectivity index (χ4v) is 4.01. The van der Waals surface area contributed by atoms with E-state index in [1.54, 1.807) is 18.3 Å². The topological polar surface area (TPSA) is 102 Å². The van der Waals surface area contributed by atoms with Crippen LogP contribution in [-0.2, 0) is 6.54 Å². The van der Waals surface area contributed by atoms with E-state index in [-0.39, 0.29) is 11.9 Å². The zero-order valence-corrected chi connectivity index (χ0v) is 14.4. The maximum absolute atomic E-state index is 12.8. The molecule has 3 aliphatic rings. The van der Waals surface area contributed by atoms with Gasteiger partial charge in [0, 0.05) is 50.2 Å². The summed E-state index contributed by atoms with van der Waals surface area (Å²) in [5, 5.41) is 0. The van der Waals surface area contributed by atoms with E-state index in [2.05, 4.69) is 19.9 Å². The van der Waals surface area contributed by atoms with Gasteiger partial charge in [0.2, 0.25) is 0 Å². The maximum Gasteiger partial charge on any atom is 0.325 e. The predicted octanol–water partition coefficient (Wildman–Crippen LogP) is 0.195. The van der Waals surface area contributed by atoms with Crippen molar-refractivity contribution in [3.8, 4) is 0 Å². The Morgan fingerprint density at radius 3 is 2.81 bits per heavy atom. The third-order valence-corrected chi connectivity index (χ3v) is 5.19. The van der Waals surface area contributed by atoms with E-state index >= 15 is 0 Å². The molecule has 8 heteroatoms. The SMILES string of the molecule is O=C(c1ccccn1)N1C[C@H]2CC[C@@H](C1)N(Cc1cc(=O)[nH]c(=O)[nH]1)C2. The Morgan fingerprint density at radius 2 is 2.04 bits per heavy atom. The first-order valence-electron chi connectivity index (χ1n) is 8.85. The fourth-order valence-electron chi connectivity index (χ4n) is 4.01. The van der Waals surface area contributed by atoms with Crippen LogP contribution in [0.5, 0.6) is 0 Å². The maximum atomic E-state index is 12.8. The molecule has 0 radical (unpaired) electrons. The number of aromatic nitrogens is 3. The second kappa shape index (κ2) is 6.87. The van der Waals surface area contributed by atoms with Crippen molar-refractivity contribution in [3.05, 3.63) is 62.7 Å². The molecular weight excluding hydrogens is 334 g/mol. The molecule has 2 atom stereocenters. The van der Waals surface area contributed by atoms with E-state index < -0.39 is 11.2 Å². The monoisotopic (exact) mass is 355 g/mol. The predicted molar refractivity (Wildman–Crippen MR) is 94.7 cm³/mol. The fraction of sp³-hybridized carbons (Fsp3) is 0.444. The summed E-state index contributed by atoms with van der Waals surface area (Å²) in [5.41, 5.74) is 0.198. The summed E-state index contributed by atoms with van der Waals surface area (Å²) in [7, 11) is 0. The Bertz CT molecular complexity index is 879. The summed E-state index contributed by atoms with van der Waals surface area (Å²) in [6.07, 6.45) is 3.72. The second-order valence-electron chi connectivity index (χ2n) is 7.06. The summed E-state index contributed by atoms with van der Waals surface area (Å²) in [4.78, 5) is 49.0. The number of rotatable bonds is 3. The minimum absolute atomic E-state index is 0.0334. The largest absolute Gasteiger partial charge is 0.335 e. The van der Waals surface area contributed by atoms with Gasteiger partial charge in [-0.05, 0) is 30.9 Å². The number of hydrogen-bond donors (Lipinski definition) is 2. The van der Waals surface area contributed by atoms with Gasteiger partial charge in [-0.2, -0.15) is 0 Å². The molecule has 3 aliphatic heterocycles. The molecular formula is C18H21N5O3. The molecule has 26 heavy (non-hydrogen) atoms. The first kappa shape index (κ1) is 16.7. The van der Waals surface area contributed by atoms with E-state index in [4.69, 9.17) is 0 Å². The van der Waals surface area contributed by atoms with E-state index in [9.17, 15) is 14.4 Å². The van der Waals surface area contributed by atoms with Crippen LogP contribution in [0.3, 0.4) is 0 Å². The van der Waals surface area contributed by atoms with Crippen LogP contribution in [-0.4, -0.2) is 56.3 Å². The molecule has 2 aromatic heterocycles. The molecule has 2 aromatic rings. The third kappa shape index (κ3) is 3.45. The minimum Gasteiger partial charge on any atom is -0.335 e. The lowest BCUT2D eigenvalue weighted by Gasteiger charge is -2.35. The van der Waals surface area contributed by atoms with E-state index in [0.29, 0.717) is 36.9 Å². The van der Waals surface area contributed by atoms with Gasteiger partial charge in [0.1, 0.15) is 5.69 Å². The number of pyridine rings is 1. The number of aromatic amines is 2. The molecule has 2 N–H and O–H groups in total. The van der Waals surface area contributed by atoms with Crippen LogP contribution in [0.15, 0.2) is 40.1 Å². The van der Waals surface area contributed by atoms with Gasteiger partial charge in [-0.25, -0.2) is 4.79 Å². The Balaban J connectivity index is 1.52. The highest BCUT2D eigenvalue weighted by molar-refractivity contribution is 5.92. The second-order valence-corrected chi connectivity index (χ2v) is 7.06. The third-order valence-electron chi connectivity index (χ3n) is 5.19. The van der Waals surface area contributed by atoms with Crippen molar-refractivity contribution in [3.63, 3.8) is 0 Å².